The lowest BCUT2D eigenvalue weighted by molar-refractivity contribution is -0.0601. The van der Waals surface area contributed by atoms with Crippen LogP contribution >= 0.6 is 0 Å². The van der Waals surface area contributed by atoms with Crippen molar-refractivity contribution in [1.29, 1.82) is 0 Å². The zero-order valence-corrected chi connectivity index (χ0v) is 18.4. The van der Waals surface area contributed by atoms with E-state index in [0.717, 1.165) is 12.8 Å². The van der Waals surface area contributed by atoms with E-state index in [-0.39, 0.29) is 5.56 Å². The summed E-state index contributed by atoms with van der Waals surface area (Å²) >= 11 is 0. The van der Waals surface area contributed by atoms with Gasteiger partial charge in [0.25, 0.3) is 0 Å². The molecule has 0 saturated carbocycles. The number of hydrogen-bond donors (Lipinski definition) is 1. The van der Waals surface area contributed by atoms with Gasteiger partial charge in [0.15, 0.2) is 5.71 Å². The van der Waals surface area contributed by atoms with Gasteiger partial charge >= 0.3 is 6.18 Å². The molecule has 6 heteroatoms. The van der Waals surface area contributed by atoms with Gasteiger partial charge < -0.3 is 9.94 Å². The monoisotopic (exact) mass is 429 g/mol. The summed E-state index contributed by atoms with van der Waals surface area (Å²) in [5, 5.41) is 10.9. The molecule has 0 amide bonds. The SMILES string of the molecule is CCCCCCCCCCCCCCCCOc1ccc(C(=NO)C(F)(F)F)cc1. The molecule has 0 saturated heterocycles. The lowest BCUT2D eigenvalue weighted by Crippen LogP contribution is -2.23. The van der Waals surface area contributed by atoms with E-state index in [2.05, 4.69) is 12.1 Å². The molecule has 0 aromatic heterocycles. The number of hydrogen-bond acceptors (Lipinski definition) is 3. The van der Waals surface area contributed by atoms with Crippen molar-refractivity contribution >= 4 is 5.71 Å². The van der Waals surface area contributed by atoms with Crippen LogP contribution in [-0.2, 0) is 0 Å². The maximum absolute atomic E-state index is 12.7. The Balaban J connectivity index is 2.00. The highest BCUT2D eigenvalue weighted by Gasteiger charge is 2.37. The zero-order valence-electron chi connectivity index (χ0n) is 18.4. The second kappa shape index (κ2) is 16.0. The molecule has 0 atom stereocenters. The predicted molar refractivity (Wildman–Crippen MR) is 117 cm³/mol. The maximum Gasteiger partial charge on any atom is 0.437 e. The topological polar surface area (TPSA) is 41.8 Å². The molecule has 0 heterocycles. The second-order valence-corrected chi connectivity index (χ2v) is 7.92. The summed E-state index contributed by atoms with van der Waals surface area (Å²) in [5.74, 6) is 0.521. The summed E-state index contributed by atoms with van der Waals surface area (Å²) in [5.41, 5.74) is -1.49. The van der Waals surface area contributed by atoms with E-state index in [4.69, 9.17) is 9.94 Å². The summed E-state index contributed by atoms with van der Waals surface area (Å²) < 4.78 is 43.7. The molecule has 0 bridgehead atoms. The zero-order chi connectivity index (χ0) is 22.1. The van der Waals surface area contributed by atoms with Crippen molar-refractivity contribution < 1.29 is 23.1 Å². The molecular weight excluding hydrogens is 391 g/mol. The van der Waals surface area contributed by atoms with Crippen molar-refractivity contribution in [3.8, 4) is 5.75 Å². The Morgan fingerprint density at radius 3 is 1.60 bits per heavy atom. The van der Waals surface area contributed by atoms with Crippen molar-refractivity contribution in [2.24, 2.45) is 5.16 Å². The molecule has 1 aromatic carbocycles. The van der Waals surface area contributed by atoms with Gasteiger partial charge in [-0.3, -0.25) is 0 Å². The van der Waals surface area contributed by atoms with Crippen molar-refractivity contribution in [3.05, 3.63) is 29.8 Å². The van der Waals surface area contributed by atoms with Gasteiger partial charge in [0.05, 0.1) is 6.61 Å². The van der Waals surface area contributed by atoms with Gasteiger partial charge in [-0.25, -0.2) is 0 Å². The molecule has 172 valence electrons. The number of halogens is 3. The Bertz CT molecular complexity index is 571. The fraction of sp³-hybridized carbons (Fsp3) is 0.708. The quantitative estimate of drug-likeness (QED) is 0.117. The van der Waals surface area contributed by atoms with Crippen LogP contribution in [0.1, 0.15) is 102 Å². The molecule has 0 aliphatic heterocycles. The summed E-state index contributed by atoms with van der Waals surface area (Å²) in [7, 11) is 0. The molecule has 0 unspecified atom stereocenters. The minimum Gasteiger partial charge on any atom is -0.494 e. The molecule has 0 radical (unpaired) electrons. The molecule has 1 rings (SSSR count). The molecule has 0 spiro atoms. The Labute approximate surface area is 179 Å². The summed E-state index contributed by atoms with van der Waals surface area (Å²) in [6.45, 7) is 2.80. The molecule has 0 aliphatic carbocycles. The van der Waals surface area contributed by atoms with E-state index in [9.17, 15) is 13.2 Å². The van der Waals surface area contributed by atoms with Crippen LogP contribution in [0.25, 0.3) is 0 Å². The van der Waals surface area contributed by atoms with Gasteiger partial charge in [0.2, 0.25) is 0 Å². The fourth-order valence-corrected chi connectivity index (χ4v) is 3.47. The van der Waals surface area contributed by atoms with Gasteiger partial charge in [0, 0.05) is 5.56 Å². The highest BCUT2D eigenvalue weighted by Crippen LogP contribution is 2.24. The molecule has 1 aromatic rings. The Kier molecular flexibility index (Phi) is 14.1. The van der Waals surface area contributed by atoms with Crippen LogP contribution in [0.2, 0.25) is 0 Å². The molecule has 1 N–H and O–H groups in total. The third-order valence-electron chi connectivity index (χ3n) is 5.26. The first kappa shape index (κ1) is 26.3. The van der Waals surface area contributed by atoms with Gasteiger partial charge in [0.1, 0.15) is 5.75 Å². The molecule has 0 aliphatic rings. The average molecular weight is 430 g/mol. The number of ether oxygens (including phenoxy) is 1. The number of oxime groups is 1. The molecular formula is C24H38F3NO2. The summed E-state index contributed by atoms with van der Waals surface area (Å²) in [6.07, 6.45) is 13.4. The first-order chi connectivity index (χ1) is 14.5. The lowest BCUT2D eigenvalue weighted by Gasteiger charge is -2.10. The third kappa shape index (κ3) is 12.1. The van der Waals surface area contributed by atoms with Crippen molar-refractivity contribution in [3.63, 3.8) is 0 Å². The lowest BCUT2D eigenvalue weighted by atomic mass is 10.0. The highest BCUT2D eigenvalue weighted by atomic mass is 19.4. The largest absolute Gasteiger partial charge is 0.494 e. The summed E-state index contributed by atoms with van der Waals surface area (Å²) in [4.78, 5) is 0. The van der Waals surface area contributed by atoms with Gasteiger partial charge in [-0.1, -0.05) is 95.6 Å². The maximum atomic E-state index is 12.7. The number of nitrogens with zero attached hydrogens (tertiary/aromatic N) is 1. The summed E-state index contributed by atoms with van der Waals surface area (Å²) in [6, 6.07) is 5.44. The Morgan fingerprint density at radius 2 is 1.20 bits per heavy atom. The van der Waals surface area contributed by atoms with Crippen LogP contribution in [0.4, 0.5) is 13.2 Å². The minimum absolute atomic E-state index is 0.186. The standard InChI is InChI=1S/C24H38F3NO2/c1-2-3-4-5-6-7-8-9-10-11-12-13-14-15-20-30-22-18-16-21(17-19-22)23(28-29)24(25,26)27/h16-19,29H,2-15,20H2,1H3. The number of alkyl halides is 3. The van der Waals surface area contributed by atoms with Crippen LogP contribution in [0.3, 0.4) is 0 Å². The molecule has 3 nitrogen and oxygen atoms in total. The van der Waals surface area contributed by atoms with E-state index in [1.54, 1.807) is 0 Å². The first-order valence-corrected chi connectivity index (χ1v) is 11.5. The average Bonchev–Trinajstić information content (AvgIpc) is 2.71. The number of rotatable bonds is 17. The van der Waals surface area contributed by atoms with Crippen LogP contribution < -0.4 is 4.74 Å². The number of benzene rings is 1. The Hall–Kier alpha value is -1.72. The van der Waals surface area contributed by atoms with Gasteiger partial charge in [-0.15, -0.1) is 0 Å². The van der Waals surface area contributed by atoms with E-state index in [1.807, 2.05) is 0 Å². The normalized spacial score (nSPS) is 12.3. The first-order valence-electron chi connectivity index (χ1n) is 11.5. The van der Waals surface area contributed by atoms with E-state index < -0.39 is 11.9 Å². The predicted octanol–water partition coefficient (Wildman–Crippen LogP) is 8.29. The smallest absolute Gasteiger partial charge is 0.437 e. The highest BCUT2D eigenvalue weighted by molar-refractivity contribution is 6.04. The van der Waals surface area contributed by atoms with Crippen LogP contribution in [0, 0.1) is 0 Å². The minimum atomic E-state index is -4.69. The Morgan fingerprint density at radius 1 is 0.767 bits per heavy atom. The number of unbranched alkanes of at least 4 members (excludes halogenated alkanes) is 13. The van der Waals surface area contributed by atoms with Crippen molar-refractivity contribution in [1.82, 2.24) is 0 Å². The van der Waals surface area contributed by atoms with Gasteiger partial charge in [-0.2, -0.15) is 13.2 Å². The van der Waals surface area contributed by atoms with E-state index in [1.165, 1.54) is 101 Å². The van der Waals surface area contributed by atoms with Crippen LogP contribution in [0.15, 0.2) is 29.4 Å². The van der Waals surface area contributed by atoms with Crippen molar-refractivity contribution in [2.45, 2.75) is 103 Å². The van der Waals surface area contributed by atoms with Crippen LogP contribution in [-0.4, -0.2) is 23.7 Å². The van der Waals surface area contributed by atoms with Crippen LogP contribution in [0.5, 0.6) is 5.75 Å². The van der Waals surface area contributed by atoms with Gasteiger partial charge in [-0.05, 0) is 30.7 Å². The fourth-order valence-electron chi connectivity index (χ4n) is 3.47. The van der Waals surface area contributed by atoms with Crippen molar-refractivity contribution in [2.75, 3.05) is 6.61 Å². The molecule has 0 fully saturated rings. The van der Waals surface area contributed by atoms with E-state index in [0.29, 0.717) is 12.4 Å². The molecule has 30 heavy (non-hydrogen) atoms. The van der Waals surface area contributed by atoms with E-state index >= 15 is 0 Å². The third-order valence-corrected chi connectivity index (χ3v) is 5.26. The second-order valence-electron chi connectivity index (χ2n) is 7.92.